The molecule has 11 heteroatoms. The van der Waals surface area contributed by atoms with Crippen LogP contribution in [0.25, 0.3) is 11.5 Å². The molecule has 0 saturated heterocycles. The van der Waals surface area contributed by atoms with Crippen LogP contribution in [-0.4, -0.2) is 36.1 Å². The third-order valence-corrected chi connectivity index (χ3v) is 4.66. The van der Waals surface area contributed by atoms with Gasteiger partial charge in [-0.25, -0.2) is 0 Å². The van der Waals surface area contributed by atoms with Crippen molar-refractivity contribution in [1.82, 2.24) is 10.2 Å². The van der Waals surface area contributed by atoms with E-state index in [1.165, 1.54) is 26.4 Å². The number of methoxy groups -OCH3 is 2. The summed E-state index contributed by atoms with van der Waals surface area (Å²) in [6, 6.07) is 9.45. The molecule has 0 aliphatic heterocycles. The first-order chi connectivity index (χ1) is 14.3. The summed E-state index contributed by atoms with van der Waals surface area (Å²) in [7, 11) is 3.02. The van der Waals surface area contributed by atoms with E-state index in [1.54, 1.807) is 18.2 Å². The van der Waals surface area contributed by atoms with Crippen molar-refractivity contribution in [3.8, 4) is 23.0 Å². The van der Waals surface area contributed by atoms with Gasteiger partial charge >= 0.3 is 6.18 Å². The number of amides is 1. The highest BCUT2D eigenvalue weighted by Crippen LogP contribution is 2.34. The second kappa shape index (κ2) is 9.08. The van der Waals surface area contributed by atoms with Crippen molar-refractivity contribution >= 4 is 23.4 Å². The zero-order valence-corrected chi connectivity index (χ0v) is 16.6. The van der Waals surface area contributed by atoms with Gasteiger partial charge in [-0.2, -0.15) is 13.2 Å². The van der Waals surface area contributed by atoms with E-state index in [1.807, 2.05) is 0 Å². The van der Waals surface area contributed by atoms with E-state index < -0.39 is 17.6 Å². The molecular formula is C19H16F3N3O4S. The molecule has 0 aliphatic carbocycles. The number of aromatic nitrogens is 2. The molecule has 0 spiro atoms. The van der Waals surface area contributed by atoms with Crippen molar-refractivity contribution in [3.63, 3.8) is 0 Å². The normalized spacial score (nSPS) is 11.2. The lowest BCUT2D eigenvalue weighted by atomic mass is 10.2. The summed E-state index contributed by atoms with van der Waals surface area (Å²) in [4.78, 5) is 12.1. The number of anilines is 1. The molecule has 1 aromatic heterocycles. The van der Waals surface area contributed by atoms with Crippen LogP contribution in [0.1, 0.15) is 5.56 Å². The molecular weight excluding hydrogens is 423 g/mol. The third kappa shape index (κ3) is 5.23. The zero-order chi connectivity index (χ0) is 21.7. The lowest BCUT2D eigenvalue weighted by molar-refractivity contribution is -0.137. The maximum Gasteiger partial charge on any atom is 0.416 e. The SMILES string of the molecule is COc1ccc(-c2nnc(SCC(=O)Nc3cccc(C(F)(F)F)c3)o2)c(OC)c1. The van der Waals surface area contributed by atoms with Crippen molar-refractivity contribution in [2.75, 3.05) is 25.3 Å². The molecule has 2 aromatic carbocycles. The summed E-state index contributed by atoms with van der Waals surface area (Å²) in [6.45, 7) is 0. The van der Waals surface area contributed by atoms with Crippen molar-refractivity contribution in [2.24, 2.45) is 0 Å². The quantitative estimate of drug-likeness (QED) is 0.542. The van der Waals surface area contributed by atoms with Gasteiger partial charge in [-0.15, -0.1) is 10.2 Å². The Morgan fingerprint density at radius 3 is 2.63 bits per heavy atom. The second-order valence-electron chi connectivity index (χ2n) is 5.85. The second-order valence-corrected chi connectivity index (χ2v) is 6.78. The van der Waals surface area contributed by atoms with Crippen molar-refractivity contribution in [3.05, 3.63) is 48.0 Å². The van der Waals surface area contributed by atoms with E-state index >= 15 is 0 Å². The number of alkyl halides is 3. The molecule has 3 aromatic rings. The summed E-state index contributed by atoms with van der Waals surface area (Å²) in [5, 5.41) is 10.3. The van der Waals surface area contributed by atoms with E-state index in [2.05, 4.69) is 15.5 Å². The molecule has 158 valence electrons. The Morgan fingerprint density at radius 2 is 1.93 bits per heavy atom. The Morgan fingerprint density at radius 1 is 1.13 bits per heavy atom. The van der Waals surface area contributed by atoms with Crippen molar-refractivity contribution < 1.29 is 31.9 Å². The van der Waals surface area contributed by atoms with Gasteiger partial charge in [-0.1, -0.05) is 17.8 Å². The molecule has 0 atom stereocenters. The predicted molar refractivity (Wildman–Crippen MR) is 104 cm³/mol. The topological polar surface area (TPSA) is 86.5 Å². The molecule has 1 N–H and O–H groups in total. The summed E-state index contributed by atoms with van der Waals surface area (Å²) in [5.41, 5.74) is -0.251. The lowest BCUT2D eigenvalue weighted by Gasteiger charge is -2.09. The van der Waals surface area contributed by atoms with Crippen LogP contribution in [0.15, 0.2) is 52.1 Å². The number of halogens is 3. The highest BCUT2D eigenvalue weighted by atomic mass is 32.2. The average molecular weight is 439 g/mol. The van der Waals surface area contributed by atoms with Crippen LogP contribution in [-0.2, 0) is 11.0 Å². The molecule has 3 rings (SSSR count). The van der Waals surface area contributed by atoms with Crippen LogP contribution in [0.2, 0.25) is 0 Å². The highest BCUT2D eigenvalue weighted by Gasteiger charge is 2.30. The Balaban J connectivity index is 1.63. The number of nitrogens with zero attached hydrogens (tertiary/aromatic N) is 2. The number of nitrogens with one attached hydrogen (secondary N) is 1. The third-order valence-electron chi connectivity index (χ3n) is 3.85. The van der Waals surface area contributed by atoms with Crippen LogP contribution in [0.5, 0.6) is 11.5 Å². The van der Waals surface area contributed by atoms with Gasteiger partial charge in [0.15, 0.2) is 0 Å². The Labute approximate surface area is 173 Å². The van der Waals surface area contributed by atoms with E-state index in [4.69, 9.17) is 13.9 Å². The van der Waals surface area contributed by atoms with E-state index in [9.17, 15) is 18.0 Å². The summed E-state index contributed by atoms with van der Waals surface area (Å²) >= 11 is 0.954. The smallest absolute Gasteiger partial charge is 0.416 e. The summed E-state index contributed by atoms with van der Waals surface area (Å²) in [6.07, 6.45) is -4.49. The maximum atomic E-state index is 12.8. The van der Waals surface area contributed by atoms with Crippen LogP contribution in [0.3, 0.4) is 0 Å². The van der Waals surface area contributed by atoms with Gasteiger partial charge in [-0.3, -0.25) is 4.79 Å². The minimum absolute atomic E-state index is 0.0459. The fraction of sp³-hybridized carbons (Fsp3) is 0.211. The fourth-order valence-electron chi connectivity index (χ4n) is 2.45. The number of ether oxygens (including phenoxy) is 2. The van der Waals surface area contributed by atoms with Gasteiger partial charge in [-0.05, 0) is 30.3 Å². The molecule has 0 radical (unpaired) electrons. The van der Waals surface area contributed by atoms with Crippen molar-refractivity contribution in [2.45, 2.75) is 11.4 Å². The standard InChI is InChI=1S/C19H16F3N3O4S/c1-27-13-6-7-14(15(9-13)28-2)17-24-25-18(29-17)30-10-16(26)23-12-5-3-4-11(8-12)19(20,21)22/h3-9H,10H2,1-2H3,(H,23,26). The number of hydrogen-bond donors (Lipinski definition) is 1. The first-order valence-corrected chi connectivity index (χ1v) is 9.44. The molecule has 30 heavy (non-hydrogen) atoms. The minimum atomic E-state index is -4.49. The van der Waals surface area contributed by atoms with Gasteiger partial charge in [0.1, 0.15) is 11.5 Å². The number of rotatable bonds is 7. The van der Waals surface area contributed by atoms with Gasteiger partial charge in [0.25, 0.3) is 11.1 Å². The maximum absolute atomic E-state index is 12.8. The lowest BCUT2D eigenvalue weighted by Crippen LogP contribution is -2.15. The van der Waals surface area contributed by atoms with Crippen LogP contribution in [0.4, 0.5) is 18.9 Å². The van der Waals surface area contributed by atoms with Crippen LogP contribution in [0, 0.1) is 0 Å². The average Bonchev–Trinajstić information content (AvgIpc) is 3.20. The van der Waals surface area contributed by atoms with Crippen LogP contribution < -0.4 is 14.8 Å². The zero-order valence-electron chi connectivity index (χ0n) is 15.8. The number of hydrogen-bond acceptors (Lipinski definition) is 7. The molecule has 7 nitrogen and oxygen atoms in total. The summed E-state index contributed by atoms with van der Waals surface area (Å²) < 4.78 is 54.2. The van der Waals surface area contributed by atoms with Gasteiger partial charge in [0.2, 0.25) is 5.91 Å². The predicted octanol–water partition coefficient (Wildman–Crippen LogP) is 4.50. The Bertz CT molecular complexity index is 1040. The Kier molecular flexibility index (Phi) is 6.50. The largest absolute Gasteiger partial charge is 0.497 e. The molecule has 0 bridgehead atoms. The minimum Gasteiger partial charge on any atom is -0.497 e. The molecule has 0 aliphatic rings. The number of thioether (sulfide) groups is 1. The summed E-state index contributed by atoms with van der Waals surface area (Å²) in [5.74, 6) is 0.613. The van der Waals surface area contributed by atoms with E-state index in [-0.39, 0.29) is 22.6 Å². The van der Waals surface area contributed by atoms with Gasteiger partial charge in [0.05, 0.1) is 31.1 Å². The molecule has 1 heterocycles. The number of carbonyl (C=O) groups excluding carboxylic acids is 1. The first-order valence-electron chi connectivity index (χ1n) is 8.46. The first kappa shape index (κ1) is 21.5. The highest BCUT2D eigenvalue weighted by molar-refractivity contribution is 7.99. The Hall–Kier alpha value is -3.21. The monoisotopic (exact) mass is 439 g/mol. The van der Waals surface area contributed by atoms with Gasteiger partial charge in [0, 0.05) is 11.8 Å². The molecule has 1 amide bonds. The number of carbonyl (C=O) groups is 1. The molecule has 0 saturated carbocycles. The fourth-order valence-corrected chi connectivity index (χ4v) is 3.01. The van der Waals surface area contributed by atoms with Crippen LogP contribution >= 0.6 is 11.8 Å². The van der Waals surface area contributed by atoms with Crippen molar-refractivity contribution in [1.29, 1.82) is 0 Å². The van der Waals surface area contributed by atoms with E-state index in [0.29, 0.717) is 17.1 Å². The van der Waals surface area contributed by atoms with Gasteiger partial charge < -0.3 is 19.2 Å². The molecule has 0 unspecified atom stereocenters. The van der Waals surface area contributed by atoms with E-state index in [0.717, 1.165) is 23.9 Å². The molecule has 0 fully saturated rings. The number of benzene rings is 2.